The highest BCUT2D eigenvalue weighted by molar-refractivity contribution is 7.84. The quantitative estimate of drug-likeness (QED) is 0.0618. The van der Waals surface area contributed by atoms with Crippen LogP contribution in [0, 0.1) is 12.7 Å². The van der Waals surface area contributed by atoms with Crippen LogP contribution in [0.1, 0.15) is 71.0 Å². The highest BCUT2D eigenvalue weighted by atomic mass is 32.2. The van der Waals surface area contributed by atoms with Crippen LogP contribution in [0.3, 0.4) is 0 Å². The molecular weight excluding hydrogens is 776 g/mol. The number of rotatable bonds is 18. The Kier molecular flexibility index (Phi) is 13.2. The number of halogens is 1. The number of fused-ring (bicyclic) bond motifs is 2. The molecule has 59 heavy (non-hydrogen) atoms. The molecule has 1 atom stereocenters. The zero-order valence-corrected chi connectivity index (χ0v) is 34.1. The van der Waals surface area contributed by atoms with Gasteiger partial charge in [-0.15, -0.1) is 5.10 Å². The Balaban J connectivity index is 1.06. The first-order valence-electron chi connectivity index (χ1n) is 19.6. The molecule has 2 heterocycles. The molecule has 0 N–H and O–H groups in total. The topological polar surface area (TPSA) is 131 Å². The summed E-state index contributed by atoms with van der Waals surface area (Å²) in [7, 11) is -2.57. The van der Waals surface area contributed by atoms with Crippen LogP contribution >= 0.6 is 0 Å². The maximum Gasteiger partial charge on any atom is 0.385 e. The van der Waals surface area contributed by atoms with Crippen molar-refractivity contribution in [2.45, 2.75) is 71.9 Å². The van der Waals surface area contributed by atoms with Crippen LogP contribution in [0.25, 0.3) is 11.0 Å². The van der Waals surface area contributed by atoms with E-state index in [1.165, 1.54) is 12.1 Å². The van der Waals surface area contributed by atoms with E-state index >= 15 is 4.39 Å². The Morgan fingerprint density at radius 3 is 2.46 bits per heavy atom. The van der Waals surface area contributed by atoms with Crippen LogP contribution in [0.2, 0.25) is 0 Å². The lowest BCUT2D eigenvalue weighted by Crippen LogP contribution is -2.37. The zero-order chi connectivity index (χ0) is 41.4. The van der Waals surface area contributed by atoms with Gasteiger partial charge in [0.15, 0.2) is 0 Å². The molecule has 0 radical (unpaired) electrons. The number of ether oxygens (including phenoxy) is 4. The number of aromatic nitrogens is 3. The molecule has 6 aromatic rings. The maximum atomic E-state index is 15.5. The van der Waals surface area contributed by atoms with Crippen molar-refractivity contribution in [3.05, 3.63) is 148 Å². The molecule has 0 saturated heterocycles. The summed E-state index contributed by atoms with van der Waals surface area (Å²) in [6, 6.07) is 30.7. The normalized spacial score (nSPS) is 14.0. The van der Waals surface area contributed by atoms with Crippen LogP contribution in [-0.2, 0) is 57.4 Å². The van der Waals surface area contributed by atoms with E-state index in [-0.39, 0.29) is 31.9 Å². The van der Waals surface area contributed by atoms with Gasteiger partial charge in [-0.25, -0.2) is 9.07 Å². The van der Waals surface area contributed by atoms with E-state index in [9.17, 15) is 13.2 Å². The number of methoxy groups -OCH3 is 1. The number of unbranched alkanes of at least 4 members (excludes halogenated alkanes) is 1. The molecule has 14 heteroatoms. The summed E-state index contributed by atoms with van der Waals surface area (Å²) in [5, 5.41) is 8.94. The van der Waals surface area contributed by atoms with Gasteiger partial charge in [0.05, 0.1) is 32.3 Å². The number of nitrogens with zero attached hydrogens (tertiary/aromatic N) is 4. The summed E-state index contributed by atoms with van der Waals surface area (Å²) in [6.45, 7) is 5.74. The third-order valence-electron chi connectivity index (χ3n) is 10.2. The van der Waals surface area contributed by atoms with Crippen molar-refractivity contribution >= 4 is 27.3 Å². The molecule has 308 valence electrons. The average molecular weight is 823 g/mol. The minimum atomic E-state index is -4.21. The SMILES string of the molecule is CCOC(=O)CC(c1cc(F)cc(CN2Cc3cc(OCc4ccccc4)ccc3OS2(=O)=O)c1)c1ccc2c(nnn2CCCCOCc2ccc(OC)cc2)c1C. The van der Waals surface area contributed by atoms with E-state index in [0.29, 0.717) is 54.3 Å². The molecule has 1 unspecified atom stereocenters. The second-order valence-corrected chi connectivity index (χ2v) is 15.9. The van der Waals surface area contributed by atoms with Gasteiger partial charge in [0.25, 0.3) is 0 Å². The van der Waals surface area contributed by atoms with Crippen LogP contribution in [0.5, 0.6) is 17.2 Å². The number of carbonyl (C=O) groups is 1. The Hall–Kier alpha value is -5.83. The molecule has 0 amide bonds. The zero-order valence-electron chi connectivity index (χ0n) is 33.3. The number of hydrogen-bond acceptors (Lipinski definition) is 10. The molecule has 7 rings (SSSR count). The second-order valence-electron chi connectivity index (χ2n) is 14.4. The number of benzene rings is 5. The molecule has 5 aromatic carbocycles. The summed E-state index contributed by atoms with van der Waals surface area (Å²) < 4.78 is 73.1. The van der Waals surface area contributed by atoms with Crippen molar-refractivity contribution in [1.29, 1.82) is 0 Å². The van der Waals surface area contributed by atoms with Crippen LogP contribution in [0.4, 0.5) is 4.39 Å². The Morgan fingerprint density at radius 1 is 0.898 bits per heavy atom. The van der Waals surface area contributed by atoms with Crippen LogP contribution in [-0.4, -0.2) is 54.0 Å². The van der Waals surface area contributed by atoms with Gasteiger partial charge in [-0.1, -0.05) is 59.8 Å². The fraction of sp³-hybridized carbons (Fsp3) is 0.311. The largest absolute Gasteiger partial charge is 0.497 e. The summed E-state index contributed by atoms with van der Waals surface area (Å²) in [5.74, 6) is -0.0734. The Labute approximate surface area is 343 Å². The van der Waals surface area contributed by atoms with Crippen molar-refractivity contribution in [3.63, 3.8) is 0 Å². The van der Waals surface area contributed by atoms with Crippen molar-refractivity contribution < 1.29 is 40.7 Å². The third-order valence-corrected chi connectivity index (χ3v) is 11.5. The fourth-order valence-corrected chi connectivity index (χ4v) is 8.33. The molecule has 0 spiro atoms. The molecular formula is C45H47FN4O8S. The molecule has 1 aliphatic rings. The molecule has 1 aliphatic heterocycles. The Morgan fingerprint density at radius 2 is 1.68 bits per heavy atom. The number of esters is 1. The van der Waals surface area contributed by atoms with Crippen molar-refractivity contribution in [3.8, 4) is 17.2 Å². The first kappa shape index (κ1) is 41.3. The van der Waals surface area contributed by atoms with Gasteiger partial charge in [-0.2, -0.15) is 12.7 Å². The smallest absolute Gasteiger partial charge is 0.385 e. The molecule has 0 fully saturated rings. The number of carbonyl (C=O) groups excluding carboxylic acids is 1. The first-order chi connectivity index (χ1) is 28.6. The molecule has 0 saturated carbocycles. The van der Waals surface area contributed by atoms with E-state index in [2.05, 4.69) is 10.3 Å². The van der Waals surface area contributed by atoms with Crippen LogP contribution < -0.4 is 13.7 Å². The Bertz CT molecular complexity index is 2500. The number of aryl methyl sites for hydroxylation is 2. The molecule has 12 nitrogen and oxygen atoms in total. The molecule has 0 bridgehead atoms. The van der Waals surface area contributed by atoms with E-state index in [0.717, 1.165) is 50.7 Å². The van der Waals surface area contributed by atoms with Crippen molar-refractivity contribution in [2.75, 3.05) is 20.3 Å². The first-order valence-corrected chi connectivity index (χ1v) is 20.9. The summed E-state index contributed by atoms with van der Waals surface area (Å²) >= 11 is 0. The lowest BCUT2D eigenvalue weighted by molar-refractivity contribution is -0.143. The monoisotopic (exact) mass is 822 g/mol. The van der Waals surface area contributed by atoms with Gasteiger partial charge in [0.2, 0.25) is 0 Å². The van der Waals surface area contributed by atoms with Crippen molar-refractivity contribution in [2.24, 2.45) is 0 Å². The highest BCUT2D eigenvalue weighted by Crippen LogP contribution is 2.37. The standard InChI is InChI=1S/C45H47FN4O8S/c1-4-56-44(51)26-41(40-17-18-42-45(31(40)2)47-48-50(42)20-8-9-21-55-29-33-12-14-38(54-3)15-13-33)35-22-34(23-37(46)24-35)27-49-28-36-25-39(16-19-43(36)58-59(49,52)53)57-30-32-10-6-5-7-11-32/h5-7,10-19,22-25,41H,4,8-9,20-21,26-30H2,1-3H3. The second kappa shape index (κ2) is 18.8. The lowest BCUT2D eigenvalue weighted by Gasteiger charge is -2.28. The van der Waals surface area contributed by atoms with Gasteiger partial charge >= 0.3 is 16.3 Å². The van der Waals surface area contributed by atoms with Gasteiger partial charge in [-0.05, 0) is 109 Å². The van der Waals surface area contributed by atoms with E-state index < -0.39 is 28.0 Å². The van der Waals surface area contributed by atoms with E-state index in [1.807, 2.05) is 78.3 Å². The van der Waals surface area contributed by atoms with Gasteiger partial charge in [0, 0.05) is 37.7 Å². The highest BCUT2D eigenvalue weighted by Gasteiger charge is 2.33. The molecule has 0 aliphatic carbocycles. The molecule has 1 aromatic heterocycles. The summed E-state index contributed by atoms with van der Waals surface area (Å²) in [6.07, 6.45) is 1.59. The third kappa shape index (κ3) is 10.3. The fourth-order valence-electron chi connectivity index (χ4n) is 7.23. The number of hydrogen-bond donors (Lipinski definition) is 0. The van der Waals surface area contributed by atoms with Gasteiger partial charge in [0.1, 0.15) is 35.2 Å². The van der Waals surface area contributed by atoms with Crippen LogP contribution in [0.15, 0.2) is 103 Å². The van der Waals surface area contributed by atoms with Crippen molar-refractivity contribution in [1.82, 2.24) is 19.3 Å². The predicted octanol–water partition coefficient (Wildman–Crippen LogP) is 8.19. The lowest BCUT2D eigenvalue weighted by atomic mass is 9.85. The van der Waals surface area contributed by atoms with Gasteiger partial charge in [-0.3, -0.25) is 4.79 Å². The summed E-state index contributed by atoms with van der Waals surface area (Å²) in [5.41, 5.74) is 6.62. The minimum absolute atomic E-state index is 0.0134. The average Bonchev–Trinajstić information content (AvgIpc) is 3.65. The summed E-state index contributed by atoms with van der Waals surface area (Å²) in [4.78, 5) is 13.0. The van der Waals surface area contributed by atoms with E-state index in [4.69, 9.17) is 23.1 Å². The van der Waals surface area contributed by atoms with Gasteiger partial charge < -0.3 is 23.1 Å². The predicted molar refractivity (Wildman–Crippen MR) is 220 cm³/mol. The van der Waals surface area contributed by atoms with E-state index in [1.54, 1.807) is 38.3 Å². The minimum Gasteiger partial charge on any atom is -0.497 e. The maximum absolute atomic E-state index is 15.5.